The van der Waals surface area contributed by atoms with Crippen molar-refractivity contribution in [1.29, 1.82) is 0 Å². The number of nitro benzene ring substituents is 1. The van der Waals surface area contributed by atoms with E-state index in [4.69, 9.17) is 27.9 Å². The fraction of sp³-hybridized carbons (Fsp3) is 0.111. The number of carbonyl (C=O) groups is 2. The van der Waals surface area contributed by atoms with E-state index in [9.17, 15) is 19.7 Å². The molecule has 1 aliphatic rings. The lowest BCUT2D eigenvalue weighted by atomic mass is 10.1. The first-order valence-corrected chi connectivity index (χ1v) is 9.39. The molecule has 0 N–H and O–H groups in total. The van der Waals surface area contributed by atoms with Gasteiger partial charge in [0.05, 0.1) is 33.5 Å². The van der Waals surface area contributed by atoms with Gasteiger partial charge in [-0.25, -0.2) is 0 Å². The minimum atomic E-state index is -0.549. The molecule has 2 amide bonds. The Bertz CT molecular complexity index is 1030. The summed E-state index contributed by atoms with van der Waals surface area (Å²) >= 11 is 12.6. The first-order valence-electron chi connectivity index (χ1n) is 7.82. The van der Waals surface area contributed by atoms with Gasteiger partial charge in [-0.3, -0.25) is 24.6 Å². The fourth-order valence-electron chi connectivity index (χ4n) is 2.55. The zero-order valence-corrected chi connectivity index (χ0v) is 16.7. The normalized spacial score (nSPS) is 15.4. The molecule has 2 aromatic carbocycles. The molecule has 0 bridgehead atoms. The molecule has 28 heavy (non-hydrogen) atoms. The Morgan fingerprint density at radius 2 is 1.93 bits per heavy atom. The Kier molecular flexibility index (Phi) is 5.93. The van der Waals surface area contributed by atoms with Gasteiger partial charge >= 0.3 is 0 Å². The number of benzene rings is 2. The lowest BCUT2D eigenvalue weighted by molar-refractivity contribution is -0.384. The van der Waals surface area contributed by atoms with Crippen LogP contribution in [0.3, 0.4) is 0 Å². The number of thioether (sulfide) groups is 1. The maximum absolute atomic E-state index is 12.7. The third kappa shape index (κ3) is 4.14. The van der Waals surface area contributed by atoms with Gasteiger partial charge in [0.1, 0.15) is 5.75 Å². The highest BCUT2D eigenvalue weighted by Crippen LogP contribution is 2.36. The van der Waals surface area contributed by atoms with Crippen molar-refractivity contribution in [2.45, 2.75) is 6.54 Å². The van der Waals surface area contributed by atoms with Gasteiger partial charge in [0.25, 0.3) is 16.8 Å². The molecular weight excluding hydrogens is 427 g/mol. The molecule has 0 radical (unpaired) electrons. The van der Waals surface area contributed by atoms with Crippen LogP contribution >= 0.6 is 35.0 Å². The van der Waals surface area contributed by atoms with Crippen LogP contribution in [0.1, 0.15) is 11.1 Å². The third-order valence-corrected chi connectivity index (χ3v) is 5.56. The second-order valence-corrected chi connectivity index (χ2v) is 7.51. The van der Waals surface area contributed by atoms with Crippen molar-refractivity contribution in [2.75, 3.05) is 7.11 Å². The van der Waals surface area contributed by atoms with Crippen LogP contribution < -0.4 is 4.74 Å². The van der Waals surface area contributed by atoms with E-state index in [0.717, 1.165) is 16.7 Å². The van der Waals surface area contributed by atoms with Gasteiger partial charge in [-0.15, -0.1) is 0 Å². The Labute approximate surface area is 174 Å². The van der Waals surface area contributed by atoms with E-state index >= 15 is 0 Å². The lowest BCUT2D eigenvalue weighted by Gasteiger charge is -2.13. The molecule has 0 aromatic heterocycles. The van der Waals surface area contributed by atoms with E-state index in [-0.39, 0.29) is 17.1 Å². The topological polar surface area (TPSA) is 89.8 Å². The number of methoxy groups -OCH3 is 1. The number of rotatable bonds is 5. The van der Waals surface area contributed by atoms with Gasteiger partial charge in [0, 0.05) is 17.7 Å². The van der Waals surface area contributed by atoms with Crippen molar-refractivity contribution in [1.82, 2.24) is 4.90 Å². The van der Waals surface area contributed by atoms with Crippen molar-refractivity contribution in [3.8, 4) is 5.75 Å². The lowest BCUT2D eigenvalue weighted by Crippen LogP contribution is -2.27. The summed E-state index contributed by atoms with van der Waals surface area (Å²) in [6, 6.07) is 8.86. The fourth-order valence-corrected chi connectivity index (χ4v) is 3.70. The molecular formula is C18H12Cl2N2O5S. The molecule has 0 atom stereocenters. The van der Waals surface area contributed by atoms with E-state index in [1.54, 1.807) is 18.2 Å². The Morgan fingerprint density at radius 3 is 2.57 bits per heavy atom. The molecule has 3 rings (SSSR count). The molecule has 7 nitrogen and oxygen atoms in total. The van der Waals surface area contributed by atoms with Crippen LogP contribution in [0.25, 0.3) is 6.08 Å². The molecule has 1 fully saturated rings. The van der Waals surface area contributed by atoms with Crippen LogP contribution in [-0.4, -0.2) is 28.1 Å². The first-order chi connectivity index (χ1) is 13.3. The van der Waals surface area contributed by atoms with E-state index < -0.39 is 16.1 Å². The van der Waals surface area contributed by atoms with Gasteiger partial charge < -0.3 is 4.74 Å². The minimum absolute atomic E-state index is 0.0327. The van der Waals surface area contributed by atoms with Gasteiger partial charge in [-0.1, -0.05) is 29.3 Å². The van der Waals surface area contributed by atoms with Gasteiger partial charge in [0.2, 0.25) is 0 Å². The van der Waals surface area contributed by atoms with Crippen molar-refractivity contribution in [3.63, 3.8) is 0 Å². The maximum Gasteiger partial charge on any atom is 0.293 e. The van der Waals surface area contributed by atoms with Crippen molar-refractivity contribution < 1.29 is 19.2 Å². The number of carbonyl (C=O) groups excluding carboxylic acids is 2. The molecule has 1 heterocycles. The quantitative estimate of drug-likeness (QED) is 0.364. The summed E-state index contributed by atoms with van der Waals surface area (Å²) in [6.07, 6.45) is 1.41. The molecule has 2 aromatic rings. The number of hydrogen-bond acceptors (Lipinski definition) is 6. The highest BCUT2D eigenvalue weighted by molar-refractivity contribution is 8.18. The van der Waals surface area contributed by atoms with Crippen molar-refractivity contribution in [2.24, 2.45) is 0 Å². The average molecular weight is 439 g/mol. The largest absolute Gasteiger partial charge is 0.496 e. The number of nitro groups is 1. The Balaban J connectivity index is 1.89. The van der Waals surface area contributed by atoms with Crippen LogP contribution in [0.5, 0.6) is 5.75 Å². The smallest absolute Gasteiger partial charge is 0.293 e. The van der Waals surface area contributed by atoms with Crippen LogP contribution in [0.2, 0.25) is 10.0 Å². The monoisotopic (exact) mass is 438 g/mol. The predicted octanol–water partition coefficient (Wildman–Crippen LogP) is 5.15. The second kappa shape index (κ2) is 8.22. The minimum Gasteiger partial charge on any atom is -0.496 e. The molecule has 0 aliphatic carbocycles. The summed E-state index contributed by atoms with van der Waals surface area (Å²) < 4.78 is 5.19. The number of ether oxygens (including phenoxy) is 1. The van der Waals surface area contributed by atoms with E-state index in [2.05, 4.69) is 0 Å². The average Bonchev–Trinajstić information content (AvgIpc) is 2.92. The highest BCUT2D eigenvalue weighted by atomic mass is 35.5. The summed E-state index contributed by atoms with van der Waals surface area (Å²) in [5.41, 5.74) is 0.824. The summed E-state index contributed by atoms with van der Waals surface area (Å²) in [5.74, 6) is -0.156. The molecule has 0 saturated carbocycles. The van der Waals surface area contributed by atoms with Crippen LogP contribution in [0.15, 0.2) is 41.3 Å². The summed E-state index contributed by atoms with van der Waals surface area (Å²) in [6.45, 7) is 0.0327. The first kappa shape index (κ1) is 20.2. The van der Waals surface area contributed by atoms with Crippen LogP contribution in [0.4, 0.5) is 10.5 Å². The van der Waals surface area contributed by atoms with E-state index in [0.29, 0.717) is 26.9 Å². The third-order valence-electron chi connectivity index (χ3n) is 3.91. The Hall–Kier alpha value is -2.55. The van der Waals surface area contributed by atoms with Crippen LogP contribution in [0, 0.1) is 10.1 Å². The SMILES string of the molecule is COc1ccc([N+](=O)[O-])cc1/C=C1/SC(=O)N(Cc2ccc(Cl)c(Cl)c2)C1=O. The second-order valence-electron chi connectivity index (χ2n) is 5.70. The summed E-state index contributed by atoms with van der Waals surface area (Å²) in [5, 5.41) is 11.2. The molecule has 1 saturated heterocycles. The summed E-state index contributed by atoms with van der Waals surface area (Å²) in [7, 11) is 1.41. The number of amides is 2. The zero-order valence-electron chi connectivity index (χ0n) is 14.3. The van der Waals surface area contributed by atoms with Crippen molar-refractivity contribution in [3.05, 3.63) is 72.6 Å². The number of imide groups is 1. The number of halogens is 2. The van der Waals surface area contributed by atoms with E-state index in [1.807, 2.05) is 0 Å². The number of nitrogens with zero attached hydrogens (tertiary/aromatic N) is 2. The molecule has 0 unspecified atom stereocenters. The highest BCUT2D eigenvalue weighted by Gasteiger charge is 2.35. The Morgan fingerprint density at radius 1 is 1.18 bits per heavy atom. The molecule has 144 valence electrons. The standard InChI is InChI=1S/C18H12Cl2N2O5S/c1-27-15-5-3-12(22(25)26)7-11(15)8-16-17(23)21(18(24)28-16)9-10-2-4-13(19)14(20)6-10/h2-8H,9H2,1H3/b16-8+. The molecule has 1 aliphatic heterocycles. The van der Waals surface area contributed by atoms with Gasteiger partial charge in [-0.2, -0.15) is 0 Å². The summed E-state index contributed by atoms with van der Waals surface area (Å²) in [4.78, 5) is 36.6. The van der Waals surface area contributed by atoms with Gasteiger partial charge in [0.15, 0.2) is 0 Å². The van der Waals surface area contributed by atoms with Crippen LogP contribution in [-0.2, 0) is 11.3 Å². The van der Waals surface area contributed by atoms with Gasteiger partial charge in [-0.05, 0) is 41.6 Å². The zero-order chi connectivity index (χ0) is 20.4. The van der Waals surface area contributed by atoms with E-state index in [1.165, 1.54) is 31.4 Å². The molecule has 10 heteroatoms. The number of non-ortho nitro benzene ring substituents is 1. The predicted molar refractivity (Wildman–Crippen MR) is 108 cm³/mol. The number of hydrogen-bond donors (Lipinski definition) is 0. The maximum atomic E-state index is 12.7. The molecule has 0 spiro atoms. The van der Waals surface area contributed by atoms with Crippen molar-refractivity contribution >= 4 is 57.9 Å².